The van der Waals surface area contributed by atoms with Crippen LogP contribution in [0, 0.1) is 5.82 Å². The molecule has 0 aliphatic carbocycles. The molecule has 0 aliphatic rings. The van der Waals surface area contributed by atoms with E-state index in [1.165, 1.54) is 24.4 Å². The van der Waals surface area contributed by atoms with Gasteiger partial charge in [-0.2, -0.15) is 0 Å². The number of carbonyl (C=O) groups excluding carboxylic acids is 1. The lowest BCUT2D eigenvalue weighted by Gasteiger charge is -2.01. The van der Waals surface area contributed by atoms with Crippen LogP contribution in [0.3, 0.4) is 0 Å². The van der Waals surface area contributed by atoms with Gasteiger partial charge in [0.05, 0.1) is 11.1 Å². The molecule has 4 rings (SSSR count). The Morgan fingerprint density at radius 3 is 2.69 bits per heavy atom. The standard InChI is InChI=1S/C19H11FN2O3S/c20-12-5-7-13(8-6-12)22-19-21-10-16(26-19)17(23)14-9-11-3-1-2-4-15(11)25-18(14)24/h1-10H,(H,21,22). The minimum atomic E-state index is -0.685. The van der Waals surface area contributed by atoms with Crippen molar-refractivity contribution in [3.05, 3.63) is 87.5 Å². The number of ketones is 1. The molecule has 0 atom stereocenters. The van der Waals surface area contributed by atoms with E-state index in [2.05, 4.69) is 10.3 Å². The smallest absolute Gasteiger partial charge is 0.347 e. The van der Waals surface area contributed by atoms with Crippen LogP contribution in [0.25, 0.3) is 11.0 Å². The van der Waals surface area contributed by atoms with Crippen LogP contribution < -0.4 is 10.9 Å². The summed E-state index contributed by atoms with van der Waals surface area (Å²) in [5.41, 5.74) is 0.345. The van der Waals surface area contributed by atoms with Gasteiger partial charge in [0.2, 0.25) is 5.78 Å². The lowest BCUT2D eigenvalue weighted by atomic mass is 10.1. The predicted octanol–water partition coefficient (Wildman–Crippen LogP) is 4.36. The van der Waals surface area contributed by atoms with Crippen molar-refractivity contribution in [2.45, 2.75) is 0 Å². The molecular weight excluding hydrogens is 355 g/mol. The van der Waals surface area contributed by atoms with Crippen LogP contribution in [-0.4, -0.2) is 10.8 Å². The number of nitrogens with zero attached hydrogens (tertiary/aromatic N) is 1. The number of carbonyl (C=O) groups is 1. The van der Waals surface area contributed by atoms with E-state index < -0.39 is 11.4 Å². The lowest BCUT2D eigenvalue weighted by molar-refractivity contribution is 0.103. The fourth-order valence-electron chi connectivity index (χ4n) is 2.45. The van der Waals surface area contributed by atoms with Gasteiger partial charge < -0.3 is 9.73 Å². The van der Waals surface area contributed by atoms with Crippen molar-refractivity contribution in [2.24, 2.45) is 0 Å². The van der Waals surface area contributed by atoms with E-state index in [0.717, 1.165) is 11.3 Å². The van der Waals surface area contributed by atoms with E-state index in [1.807, 2.05) is 0 Å². The lowest BCUT2D eigenvalue weighted by Crippen LogP contribution is -2.13. The van der Waals surface area contributed by atoms with Crippen molar-refractivity contribution in [3.8, 4) is 0 Å². The Labute approximate surface area is 150 Å². The molecule has 7 heteroatoms. The number of para-hydroxylation sites is 1. The van der Waals surface area contributed by atoms with Gasteiger partial charge in [0.25, 0.3) is 0 Å². The van der Waals surface area contributed by atoms with Gasteiger partial charge in [-0.15, -0.1) is 0 Å². The average molecular weight is 366 g/mol. The second kappa shape index (κ2) is 6.53. The molecule has 5 nitrogen and oxygen atoms in total. The molecule has 128 valence electrons. The van der Waals surface area contributed by atoms with Gasteiger partial charge in [0.15, 0.2) is 5.13 Å². The van der Waals surface area contributed by atoms with E-state index >= 15 is 0 Å². The van der Waals surface area contributed by atoms with Crippen molar-refractivity contribution in [1.82, 2.24) is 4.98 Å². The summed E-state index contributed by atoms with van der Waals surface area (Å²) in [6.45, 7) is 0. The highest BCUT2D eigenvalue weighted by Crippen LogP contribution is 2.25. The number of anilines is 2. The van der Waals surface area contributed by atoms with E-state index in [4.69, 9.17) is 4.42 Å². The molecule has 1 N–H and O–H groups in total. The highest BCUT2D eigenvalue weighted by molar-refractivity contribution is 7.17. The Hall–Kier alpha value is -3.32. The number of thiazole rings is 1. The zero-order chi connectivity index (χ0) is 18.1. The van der Waals surface area contributed by atoms with Crippen LogP contribution in [-0.2, 0) is 0 Å². The monoisotopic (exact) mass is 366 g/mol. The van der Waals surface area contributed by atoms with Crippen molar-refractivity contribution < 1.29 is 13.6 Å². The molecule has 0 bridgehead atoms. The van der Waals surface area contributed by atoms with Crippen LogP contribution in [0.2, 0.25) is 0 Å². The maximum Gasteiger partial charge on any atom is 0.347 e. The van der Waals surface area contributed by atoms with Crippen molar-refractivity contribution in [3.63, 3.8) is 0 Å². The highest BCUT2D eigenvalue weighted by Gasteiger charge is 2.18. The summed E-state index contributed by atoms with van der Waals surface area (Å²) in [5.74, 6) is -0.789. The first-order valence-electron chi connectivity index (χ1n) is 7.66. The summed E-state index contributed by atoms with van der Waals surface area (Å²) in [6, 6.07) is 14.3. The molecule has 2 aromatic carbocycles. The number of halogens is 1. The Morgan fingerprint density at radius 1 is 1.12 bits per heavy atom. The third-order valence-electron chi connectivity index (χ3n) is 3.71. The molecule has 0 aliphatic heterocycles. The second-order valence-corrected chi connectivity index (χ2v) is 6.51. The number of fused-ring (bicyclic) bond motifs is 1. The Balaban J connectivity index is 1.63. The molecule has 0 saturated carbocycles. The number of hydrogen-bond acceptors (Lipinski definition) is 6. The van der Waals surface area contributed by atoms with Crippen molar-refractivity contribution >= 4 is 38.9 Å². The van der Waals surface area contributed by atoms with Gasteiger partial charge in [0, 0.05) is 11.1 Å². The molecule has 2 heterocycles. The summed E-state index contributed by atoms with van der Waals surface area (Å²) in [7, 11) is 0. The summed E-state index contributed by atoms with van der Waals surface area (Å²) < 4.78 is 18.2. The fourth-order valence-corrected chi connectivity index (χ4v) is 3.24. The number of rotatable bonds is 4. The molecule has 2 aromatic heterocycles. The Bertz CT molecular complexity index is 1170. The second-order valence-electron chi connectivity index (χ2n) is 5.48. The minimum absolute atomic E-state index is 0.0410. The highest BCUT2D eigenvalue weighted by atomic mass is 32.1. The van der Waals surface area contributed by atoms with Crippen LogP contribution in [0.5, 0.6) is 0 Å². The molecule has 0 spiro atoms. The van der Waals surface area contributed by atoms with Gasteiger partial charge >= 0.3 is 5.63 Å². The zero-order valence-electron chi connectivity index (χ0n) is 13.2. The first-order valence-corrected chi connectivity index (χ1v) is 8.48. The molecule has 0 saturated heterocycles. The first-order chi connectivity index (χ1) is 12.6. The van der Waals surface area contributed by atoms with Crippen LogP contribution in [0.4, 0.5) is 15.2 Å². The van der Waals surface area contributed by atoms with Gasteiger partial charge in [-0.3, -0.25) is 4.79 Å². The first kappa shape index (κ1) is 16.2. The van der Waals surface area contributed by atoms with E-state index in [0.29, 0.717) is 26.7 Å². The van der Waals surface area contributed by atoms with Crippen molar-refractivity contribution in [1.29, 1.82) is 0 Å². The van der Waals surface area contributed by atoms with E-state index in [1.54, 1.807) is 36.4 Å². The van der Waals surface area contributed by atoms with E-state index in [9.17, 15) is 14.0 Å². The third kappa shape index (κ3) is 3.12. The number of aromatic nitrogens is 1. The van der Waals surface area contributed by atoms with Crippen LogP contribution >= 0.6 is 11.3 Å². The predicted molar refractivity (Wildman–Crippen MR) is 97.7 cm³/mol. The van der Waals surface area contributed by atoms with Crippen LogP contribution in [0.15, 0.2) is 70.0 Å². The largest absolute Gasteiger partial charge is 0.422 e. The van der Waals surface area contributed by atoms with Gasteiger partial charge in [0.1, 0.15) is 17.0 Å². The van der Waals surface area contributed by atoms with Crippen LogP contribution in [0.1, 0.15) is 15.2 Å². The molecule has 0 amide bonds. The number of hydrogen-bond donors (Lipinski definition) is 1. The Kier molecular flexibility index (Phi) is 4.06. The summed E-state index contributed by atoms with van der Waals surface area (Å²) in [6.07, 6.45) is 1.40. The molecule has 4 aromatic rings. The molecule has 0 radical (unpaired) electrons. The summed E-state index contributed by atoms with van der Waals surface area (Å²) in [5, 5.41) is 4.12. The van der Waals surface area contributed by atoms with Gasteiger partial charge in [-0.25, -0.2) is 14.2 Å². The average Bonchev–Trinajstić information content (AvgIpc) is 3.11. The van der Waals surface area contributed by atoms with Crippen molar-refractivity contribution in [2.75, 3.05) is 5.32 Å². The maximum atomic E-state index is 12.9. The zero-order valence-corrected chi connectivity index (χ0v) is 14.0. The SMILES string of the molecule is O=C(c1cnc(Nc2ccc(F)cc2)s1)c1cc2ccccc2oc1=O. The Morgan fingerprint density at radius 2 is 1.88 bits per heavy atom. The van der Waals surface area contributed by atoms with E-state index in [-0.39, 0.29) is 11.4 Å². The number of nitrogens with one attached hydrogen (secondary N) is 1. The summed E-state index contributed by atoms with van der Waals surface area (Å²) >= 11 is 1.10. The van der Waals surface area contributed by atoms with Gasteiger partial charge in [-0.05, 0) is 36.4 Å². The molecule has 0 fully saturated rings. The third-order valence-corrected chi connectivity index (χ3v) is 4.62. The molecular formula is C19H11FN2O3S. The van der Waals surface area contributed by atoms with Gasteiger partial charge in [-0.1, -0.05) is 29.5 Å². The topological polar surface area (TPSA) is 72.2 Å². The normalized spacial score (nSPS) is 10.8. The quantitative estimate of drug-likeness (QED) is 0.429. The molecule has 0 unspecified atom stereocenters. The fraction of sp³-hybridized carbons (Fsp3) is 0. The maximum absolute atomic E-state index is 12.9. The summed E-state index contributed by atoms with van der Waals surface area (Å²) in [4.78, 5) is 29.2. The number of benzene rings is 2. The minimum Gasteiger partial charge on any atom is -0.422 e. The molecule has 26 heavy (non-hydrogen) atoms.